The van der Waals surface area contributed by atoms with Gasteiger partial charge in [0.05, 0.1) is 0 Å². The van der Waals surface area contributed by atoms with Gasteiger partial charge in [0.2, 0.25) is 0 Å². The van der Waals surface area contributed by atoms with E-state index in [1.165, 1.54) is 5.69 Å². The van der Waals surface area contributed by atoms with Crippen LogP contribution < -0.4 is 10.2 Å². The quantitative estimate of drug-likeness (QED) is 0.667. The summed E-state index contributed by atoms with van der Waals surface area (Å²) < 4.78 is 0. The van der Waals surface area contributed by atoms with Gasteiger partial charge in [-0.2, -0.15) is 0 Å². The van der Waals surface area contributed by atoms with Crippen molar-refractivity contribution in [2.24, 2.45) is 0 Å². The molecule has 0 saturated carbocycles. The van der Waals surface area contributed by atoms with Crippen LogP contribution in [-0.2, 0) is 0 Å². The highest BCUT2D eigenvalue weighted by Crippen LogP contribution is 2.17. The van der Waals surface area contributed by atoms with Gasteiger partial charge in [0, 0.05) is 55.5 Å². The molecule has 0 atom stereocenters. The van der Waals surface area contributed by atoms with Crippen LogP contribution in [0.2, 0.25) is 0 Å². The Kier molecular flexibility index (Phi) is 5.57. The van der Waals surface area contributed by atoms with E-state index in [9.17, 15) is 0 Å². The monoisotopic (exact) mass is 333 g/mol. The van der Waals surface area contributed by atoms with Gasteiger partial charge in [-0.05, 0) is 37.6 Å². The molecule has 128 valence electrons. The summed E-state index contributed by atoms with van der Waals surface area (Å²) in [6.45, 7) is 3.84. The Morgan fingerprint density at radius 2 is 1.76 bits per heavy atom. The van der Waals surface area contributed by atoms with Crippen LogP contribution in [-0.4, -0.2) is 35.1 Å². The second-order valence-electron chi connectivity index (χ2n) is 5.99. The van der Waals surface area contributed by atoms with E-state index in [1.54, 1.807) is 12.4 Å². The third-order valence-corrected chi connectivity index (χ3v) is 3.97. The van der Waals surface area contributed by atoms with Crippen molar-refractivity contribution in [3.63, 3.8) is 0 Å². The van der Waals surface area contributed by atoms with Crippen LogP contribution in [0.1, 0.15) is 12.1 Å². The molecule has 5 nitrogen and oxygen atoms in total. The van der Waals surface area contributed by atoms with Gasteiger partial charge in [-0.3, -0.25) is 4.98 Å². The topological polar surface area (TPSA) is 53.9 Å². The average Bonchev–Trinajstić information content (AvgIpc) is 2.66. The number of anilines is 2. The molecule has 0 aliphatic heterocycles. The highest BCUT2D eigenvalue weighted by atomic mass is 15.1. The van der Waals surface area contributed by atoms with Crippen LogP contribution in [0.25, 0.3) is 11.4 Å². The molecule has 3 aromatic rings. The molecule has 0 aliphatic carbocycles. The summed E-state index contributed by atoms with van der Waals surface area (Å²) in [6, 6.07) is 16.2. The fraction of sp³-hybridized carbons (Fsp3) is 0.250. The maximum atomic E-state index is 4.62. The minimum absolute atomic E-state index is 0.728. The SMILES string of the molecule is Cc1cc(NCCCN(C)c2ccccc2)nc(-c2ccncc2)n1. The maximum Gasteiger partial charge on any atom is 0.161 e. The number of nitrogens with one attached hydrogen (secondary N) is 1. The van der Waals surface area contributed by atoms with Crippen LogP contribution in [0.15, 0.2) is 60.9 Å². The van der Waals surface area contributed by atoms with Crippen LogP contribution in [0, 0.1) is 6.92 Å². The number of para-hydroxylation sites is 1. The van der Waals surface area contributed by atoms with E-state index in [0.717, 1.165) is 42.4 Å². The summed E-state index contributed by atoms with van der Waals surface area (Å²) in [4.78, 5) is 15.4. The summed E-state index contributed by atoms with van der Waals surface area (Å²) in [7, 11) is 2.12. The largest absolute Gasteiger partial charge is 0.375 e. The summed E-state index contributed by atoms with van der Waals surface area (Å²) in [5, 5.41) is 3.41. The van der Waals surface area contributed by atoms with Crippen molar-refractivity contribution in [2.45, 2.75) is 13.3 Å². The van der Waals surface area contributed by atoms with E-state index < -0.39 is 0 Å². The Bertz CT molecular complexity index is 790. The lowest BCUT2D eigenvalue weighted by molar-refractivity contribution is 0.813. The van der Waals surface area contributed by atoms with E-state index in [0.29, 0.717) is 0 Å². The van der Waals surface area contributed by atoms with Gasteiger partial charge in [0.15, 0.2) is 5.82 Å². The van der Waals surface area contributed by atoms with Gasteiger partial charge < -0.3 is 10.2 Å². The lowest BCUT2D eigenvalue weighted by atomic mass is 10.2. The zero-order chi connectivity index (χ0) is 17.5. The van der Waals surface area contributed by atoms with E-state index in [-0.39, 0.29) is 0 Å². The molecule has 0 aliphatic rings. The number of aryl methyl sites for hydroxylation is 1. The Hall–Kier alpha value is -2.95. The van der Waals surface area contributed by atoms with Crippen molar-refractivity contribution in [1.29, 1.82) is 0 Å². The summed E-state index contributed by atoms with van der Waals surface area (Å²) in [5.74, 6) is 1.59. The zero-order valence-corrected chi connectivity index (χ0v) is 14.7. The minimum atomic E-state index is 0.728. The molecule has 0 saturated heterocycles. The van der Waals surface area contributed by atoms with Crippen molar-refractivity contribution in [3.8, 4) is 11.4 Å². The first-order valence-corrected chi connectivity index (χ1v) is 8.48. The zero-order valence-electron chi connectivity index (χ0n) is 14.7. The summed E-state index contributed by atoms with van der Waals surface area (Å²) in [6.07, 6.45) is 4.54. The van der Waals surface area contributed by atoms with Crippen molar-refractivity contribution in [3.05, 3.63) is 66.6 Å². The number of benzene rings is 1. The molecule has 25 heavy (non-hydrogen) atoms. The predicted octanol–water partition coefficient (Wildman–Crippen LogP) is 3.79. The smallest absolute Gasteiger partial charge is 0.161 e. The highest BCUT2D eigenvalue weighted by molar-refractivity contribution is 5.56. The first kappa shape index (κ1) is 16.9. The number of pyridine rings is 1. The second-order valence-corrected chi connectivity index (χ2v) is 5.99. The molecule has 0 radical (unpaired) electrons. The van der Waals surface area contributed by atoms with Gasteiger partial charge in [-0.1, -0.05) is 18.2 Å². The standard InChI is InChI=1S/C20H23N5/c1-16-15-19(24-20(23-16)17-9-12-21-13-10-17)22-11-6-14-25(2)18-7-4-3-5-8-18/h3-5,7-10,12-13,15H,6,11,14H2,1-2H3,(H,22,23,24). The molecule has 5 heteroatoms. The number of hydrogen-bond donors (Lipinski definition) is 1. The molecular weight excluding hydrogens is 310 g/mol. The molecule has 3 rings (SSSR count). The molecule has 1 N–H and O–H groups in total. The highest BCUT2D eigenvalue weighted by Gasteiger charge is 2.05. The van der Waals surface area contributed by atoms with Crippen LogP contribution in [0.3, 0.4) is 0 Å². The molecule has 2 heterocycles. The molecule has 0 spiro atoms. The number of aromatic nitrogens is 3. The van der Waals surface area contributed by atoms with Gasteiger partial charge in [-0.25, -0.2) is 9.97 Å². The lowest BCUT2D eigenvalue weighted by Crippen LogP contribution is -2.20. The molecule has 0 fully saturated rings. The first-order valence-electron chi connectivity index (χ1n) is 8.48. The fourth-order valence-corrected chi connectivity index (χ4v) is 2.63. The van der Waals surface area contributed by atoms with Crippen LogP contribution >= 0.6 is 0 Å². The van der Waals surface area contributed by atoms with Crippen molar-refractivity contribution in [2.75, 3.05) is 30.4 Å². The van der Waals surface area contributed by atoms with Crippen LogP contribution in [0.4, 0.5) is 11.5 Å². The molecule has 2 aromatic heterocycles. The van der Waals surface area contributed by atoms with Gasteiger partial charge in [-0.15, -0.1) is 0 Å². The molecule has 0 amide bonds. The Morgan fingerprint density at radius 3 is 2.52 bits per heavy atom. The normalized spacial score (nSPS) is 10.5. The second kappa shape index (κ2) is 8.24. The minimum Gasteiger partial charge on any atom is -0.375 e. The third-order valence-electron chi connectivity index (χ3n) is 3.97. The summed E-state index contributed by atoms with van der Waals surface area (Å²) in [5.41, 5.74) is 3.16. The lowest BCUT2D eigenvalue weighted by Gasteiger charge is -2.19. The molecular formula is C20H23N5. The maximum absolute atomic E-state index is 4.62. The number of rotatable bonds is 7. The molecule has 0 unspecified atom stereocenters. The van der Waals surface area contributed by atoms with Gasteiger partial charge >= 0.3 is 0 Å². The molecule has 0 bridgehead atoms. The third kappa shape index (κ3) is 4.76. The van der Waals surface area contributed by atoms with Gasteiger partial charge in [0.1, 0.15) is 5.82 Å². The van der Waals surface area contributed by atoms with Crippen LogP contribution in [0.5, 0.6) is 0 Å². The molecule has 1 aromatic carbocycles. The van der Waals surface area contributed by atoms with Crippen molar-refractivity contribution < 1.29 is 0 Å². The van der Waals surface area contributed by atoms with E-state index in [1.807, 2.05) is 31.2 Å². The first-order chi connectivity index (χ1) is 12.2. The Labute approximate surface area is 148 Å². The van der Waals surface area contributed by atoms with Crippen molar-refractivity contribution in [1.82, 2.24) is 15.0 Å². The van der Waals surface area contributed by atoms with E-state index in [2.05, 4.69) is 56.5 Å². The summed E-state index contributed by atoms with van der Waals surface area (Å²) >= 11 is 0. The predicted molar refractivity (Wildman–Crippen MR) is 103 cm³/mol. The number of nitrogens with zero attached hydrogens (tertiary/aromatic N) is 4. The number of hydrogen-bond acceptors (Lipinski definition) is 5. The van der Waals surface area contributed by atoms with E-state index >= 15 is 0 Å². The Morgan fingerprint density at radius 1 is 1.00 bits per heavy atom. The Balaban J connectivity index is 1.56. The van der Waals surface area contributed by atoms with E-state index in [4.69, 9.17) is 0 Å². The van der Waals surface area contributed by atoms with Gasteiger partial charge in [0.25, 0.3) is 0 Å². The van der Waals surface area contributed by atoms with Crippen molar-refractivity contribution >= 4 is 11.5 Å². The fourth-order valence-electron chi connectivity index (χ4n) is 2.63. The average molecular weight is 333 g/mol.